The van der Waals surface area contributed by atoms with E-state index in [0.717, 1.165) is 25.7 Å². The maximum Gasteiger partial charge on any atom is 0.301 e. The number of ether oxygens (including phenoxy) is 1. The largest absolute Gasteiger partial charge is 0.497 e. The first-order valence-corrected chi connectivity index (χ1v) is 8.57. The van der Waals surface area contributed by atoms with Crippen molar-refractivity contribution in [1.82, 2.24) is 4.31 Å². The Hall–Kier alpha value is -1.47. The maximum atomic E-state index is 12.5. The Morgan fingerprint density at radius 3 is 2.57 bits per heavy atom. The van der Waals surface area contributed by atoms with Crippen LogP contribution in [0, 0.1) is 0 Å². The summed E-state index contributed by atoms with van der Waals surface area (Å²) in [5, 5.41) is 0. The highest BCUT2D eigenvalue weighted by Crippen LogP contribution is 2.28. The van der Waals surface area contributed by atoms with Crippen molar-refractivity contribution >= 4 is 21.6 Å². The number of anilines is 2. The predicted octanol–water partition coefficient (Wildman–Crippen LogP) is 2.20. The zero-order chi connectivity index (χ0) is 15.5. The lowest BCUT2D eigenvalue weighted by Gasteiger charge is -2.30. The summed E-state index contributed by atoms with van der Waals surface area (Å²) in [6.45, 7) is 0. The molecule has 0 amide bonds. The van der Waals surface area contributed by atoms with Gasteiger partial charge in [-0.3, -0.25) is 4.72 Å². The van der Waals surface area contributed by atoms with Crippen LogP contribution >= 0.6 is 0 Å². The molecule has 1 aromatic rings. The van der Waals surface area contributed by atoms with Crippen LogP contribution < -0.4 is 15.2 Å². The minimum atomic E-state index is -3.61. The monoisotopic (exact) mass is 313 g/mol. The fourth-order valence-corrected chi connectivity index (χ4v) is 3.80. The Labute approximate surface area is 126 Å². The summed E-state index contributed by atoms with van der Waals surface area (Å²) in [5.41, 5.74) is 6.55. The van der Waals surface area contributed by atoms with Gasteiger partial charge in [0.25, 0.3) is 0 Å². The summed E-state index contributed by atoms with van der Waals surface area (Å²) in [7, 11) is -0.467. The average molecular weight is 313 g/mol. The molecule has 21 heavy (non-hydrogen) atoms. The molecule has 1 fully saturated rings. The number of methoxy groups -OCH3 is 1. The summed E-state index contributed by atoms with van der Waals surface area (Å²) in [4.78, 5) is 0. The van der Waals surface area contributed by atoms with Crippen molar-refractivity contribution in [3.05, 3.63) is 18.2 Å². The van der Waals surface area contributed by atoms with Gasteiger partial charge in [0.15, 0.2) is 0 Å². The zero-order valence-electron chi connectivity index (χ0n) is 12.5. The van der Waals surface area contributed by atoms with Gasteiger partial charge in [-0.25, -0.2) is 0 Å². The molecule has 0 bridgehead atoms. The SMILES string of the molecule is COc1ccc(N)c(NS(=O)(=O)N(C)C2CCCCC2)c1. The van der Waals surface area contributed by atoms with Crippen molar-refractivity contribution in [3.63, 3.8) is 0 Å². The highest BCUT2D eigenvalue weighted by atomic mass is 32.2. The number of nitrogens with zero attached hydrogens (tertiary/aromatic N) is 1. The summed E-state index contributed by atoms with van der Waals surface area (Å²) in [6, 6.07) is 4.96. The Bertz CT molecular complexity index is 583. The summed E-state index contributed by atoms with van der Waals surface area (Å²) in [6.07, 6.45) is 5.15. The standard InChI is InChI=1S/C14H23N3O3S/c1-17(11-6-4-3-5-7-11)21(18,19)16-14-10-12(20-2)8-9-13(14)15/h8-11,16H,3-7,15H2,1-2H3. The van der Waals surface area contributed by atoms with Gasteiger partial charge in [-0.1, -0.05) is 19.3 Å². The van der Waals surface area contributed by atoms with Crippen molar-refractivity contribution in [2.45, 2.75) is 38.1 Å². The molecule has 0 saturated heterocycles. The number of benzene rings is 1. The predicted molar refractivity (Wildman–Crippen MR) is 84.6 cm³/mol. The number of nitrogens with two attached hydrogens (primary N) is 1. The molecule has 0 aromatic heterocycles. The quantitative estimate of drug-likeness (QED) is 0.816. The fourth-order valence-electron chi connectivity index (χ4n) is 2.60. The number of rotatable bonds is 5. The van der Waals surface area contributed by atoms with Crippen LogP contribution in [-0.4, -0.2) is 32.9 Å². The van der Waals surface area contributed by atoms with E-state index >= 15 is 0 Å². The molecule has 0 radical (unpaired) electrons. The van der Waals surface area contributed by atoms with E-state index in [1.54, 1.807) is 25.2 Å². The summed E-state index contributed by atoms with van der Waals surface area (Å²) < 4.78 is 34.0. The molecule has 7 heteroatoms. The topological polar surface area (TPSA) is 84.7 Å². The van der Waals surface area contributed by atoms with E-state index in [1.165, 1.54) is 17.8 Å². The van der Waals surface area contributed by atoms with Gasteiger partial charge in [0.2, 0.25) is 0 Å². The lowest BCUT2D eigenvalue weighted by Crippen LogP contribution is -2.41. The molecule has 6 nitrogen and oxygen atoms in total. The smallest absolute Gasteiger partial charge is 0.301 e. The second kappa shape index (κ2) is 6.53. The van der Waals surface area contributed by atoms with Crippen LogP contribution in [0.5, 0.6) is 5.75 Å². The molecule has 3 N–H and O–H groups in total. The van der Waals surface area contributed by atoms with Gasteiger partial charge in [-0.15, -0.1) is 0 Å². The van der Waals surface area contributed by atoms with E-state index in [0.29, 0.717) is 17.1 Å². The normalized spacial score (nSPS) is 16.9. The Morgan fingerprint density at radius 2 is 1.95 bits per heavy atom. The number of nitrogens with one attached hydrogen (secondary N) is 1. The molecule has 1 aromatic carbocycles. The van der Waals surface area contributed by atoms with Gasteiger partial charge >= 0.3 is 10.2 Å². The lowest BCUT2D eigenvalue weighted by molar-refractivity contribution is 0.287. The molecular weight excluding hydrogens is 290 g/mol. The molecule has 2 rings (SSSR count). The third-order valence-electron chi connectivity index (χ3n) is 3.97. The van der Waals surface area contributed by atoms with Gasteiger partial charge in [0, 0.05) is 19.2 Å². The summed E-state index contributed by atoms with van der Waals surface area (Å²) in [5.74, 6) is 0.558. The molecule has 1 aliphatic rings. The van der Waals surface area contributed by atoms with Gasteiger partial charge in [-0.05, 0) is 25.0 Å². The number of hydrogen-bond acceptors (Lipinski definition) is 4. The van der Waals surface area contributed by atoms with Gasteiger partial charge in [0.05, 0.1) is 18.5 Å². The Morgan fingerprint density at radius 1 is 1.29 bits per heavy atom. The molecule has 118 valence electrons. The third kappa shape index (κ3) is 3.79. The highest BCUT2D eigenvalue weighted by Gasteiger charge is 2.28. The molecular formula is C14H23N3O3S. The first-order valence-electron chi connectivity index (χ1n) is 7.13. The van der Waals surface area contributed by atoms with Crippen LogP contribution in [0.2, 0.25) is 0 Å². The van der Waals surface area contributed by atoms with Crippen LogP contribution in [0.4, 0.5) is 11.4 Å². The minimum Gasteiger partial charge on any atom is -0.497 e. The molecule has 0 spiro atoms. The number of nitrogen functional groups attached to an aromatic ring is 1. The van der Waals surface area contributed by atoms with Crippen molar-refractivity contribution in [2.24, 2.45) is 0 Å². The molecule has 1 saturated carbocycles. The number of hydrogen-bond donors (Lipinski definition) is 2. The minimum absolute atomic E-state index is 0.0584. The highest BCUT2D eigenvalue weighted by molar-refractivity contribution is 7.90. The van der Waals surface area contributed by atoms with Gasteiger partial charge < -0.3 is 10.5 Å². The second-order valence-corrected chi connectivity index (χ2v) is 7.10. The van der Waals surface area contributed by atoms with E-state index in [9.17, 15) is 8.42 Å². The van der Waals surface area contributed by atoms with E-state index in [1.807, 2.05) is 0 Å². The molecule has 1 aliphatic carbocycles. The van der Waals surface area contributed by atoms with Gasteiger partial charge in [0.1, 0.15) is 5.75 Å². The molecule has 0 unspecified atom stereocenters. The van der Waals surface area contributed by atoms with E-state index in [2.05, 4.69) is 4.72 Å². The average Bonchev–Trinajstić information content (AvgIpc) is 2.49. The molecule has 0 atom stereocenters. The Kier molecular flexibility index (Phi) is 4.95. The first kappa shape index (κ1) is 15.9. The van der Waals surface area contributed by atoms with Crippen LogP contribution in [0.1, 0.15) is 32.1 Å². The molecule has 0 heterocycles. The van der Waals surface area contributed by atoms with Crippen molar-refractivity contribution in [2.75, 3.05) is 24.6 Å². The van der Waals surface area contributed by atoms with Crippen LogP contribution in [-0.2, 0) is 10.2 Å². The van der Waals surface area contributed by atoms with Crippen LogP contribution in [0.15, 0.2) is 18.2 Å². The zero-order valence-corrected chi connectivity index (χ0v) is 13.3. The first-order chi connectivity index (χ1) is 9.94. The summed E-state index contributed by atoms with van der Waals surface area (Å²) >= 11 is 0. The second-order valence-electron chi connectivity index (χ2n) is 5.37. The lowest BCUT2D eigenvalue weighted by atomic mass is 9.96. The van der Waals surface area contributed by atoms with Crippen LogP contribution in [0.3, 0.4) is 0 Å². The van der Waals surface area contributed by atoms with Gasteiger partial charge in [-0.2, -0.15) is 12.7 Å². The van der Waals surface area contributed by atoms with E-state index in [-0.39, 0.29) is 6.04 Å². The van der Waals surface area contributed by atoms with Crippen molar-refractivity contribution in [3.8, 4) is 5.75 Å². The van der Waals surface area contributed by atoms with E-state index < -0.39 is 10.2 Å². The maximum absolute atomic E-state index is 12.5. The van der Waals surface area contributed by atoms with Crippen LogP contribution in [0.25, 0.3) is 0 Å². The van der Waals surface area contributed by atoms with Crippen molar-refractivity contribution in [1.29, 1.82) is 0 Å². The van der Waals surface area contributed by atoms with Crippen molar-refractivity contribution < 1.29 is 13.2 Å². The molecule has 0 aliphatic heterocycles. The Balaban J connectivity index is 2.16. The fraction of sp³-hybridized carbons (Fsp3) is 0.571. The third-order valence-corrected chi connectivity index (χ3v) is 5.50. The van der Waals surface area contributed by atoms with E-state index in [4.69, 9.17) is 10.5 Å².